The van der Waals surface area contributed by atoms with Crippen LogP contribution in [0.4, 0.5) is 10.5 Å². The molecule has 1 saturated heterocycles. The Labute approximate surface area is 148 Å². The quantitative estimate of drug-likeness (QED) is 0.848. The average molecular weight is 340 g/mol. The van der Waals surface area contributed by atoms with E-state index in [1.54, 1.807) is 25.6 Å². The average Bonchev–Trinajstić information content (AvgIpc) is 3.17. The molecule has 25 heavy (non-hydrogen) atoms. The number of carbonyl (C=O) groups excluding carboxylic acids is 1. The summed E-state index contributed by atoms with van der Waals surface area (Å²) in [7, 11) is 1.68. The molecule has 0 aliphatic carbocycles. The van der Waals surface area contributed by atoms with Gasteiger partial charge in [-0.05, 0) is 44.1 Å². The smallest absolute Gasteiger partial charge is 0.319 e. The number of nitrogens with zero attached hydrogens (tertiary/aromatic N) is 2. The Morgan fingerprint density at radius 1 is 1.24 bits per heavy atom. The van der Waals surface area contributed by atoms with Gasteiger partial charge in [-0.25, -0.2) is 4.79 Å². The standard InChI is InChI=1S/C19H24N4O2/c1-25-18-9-3-2-8-16(18)17(23-11-4-5-12-23)14-21-19(24)22-15-7-6-10-20-13-15/h2-3,6-10,13,17H,4-5,11-12,14H2,1H3,(H2,21,22,24)/t17-/m0/s1. The van der Waals surface area contributed by atoms with Crippen LogP contribution in [0.1, 0.15) is 24.4 Å². The van der Waals surface area contributed by atoms with Crippen molar-refractivity contribution in [2.45, 2.75) is 18.9 Å². The van der Waals surface area contributed by atoms with E-state index in [0.29, 0.717) is 12.2 Å². The molecule has 1 aliphatic heterocycles. The number of methoxy groups -OCH3 is 1. The zero-order chi connectivity index (χ0) is 17.5. The van der Waals surface area contributed by atoms with Crippen molar-refractivity contribution in [3.8, 4) is 5.75 Å². The van der Waals surface area contributed by atoms with Crippen molar-refractivity contribution in [2.24, 2.45) is 0 Å². The van der Waals surface area contributed by atoms with Crippen LogP contribution in [-0.4, -0.2) is 42.7 Å². The molecule has 1 fully saturated rings. The Balaban J connectivity index is 1.69. The molecular weight excluding hydrogens is 316 g/mol. The Bertz CT molecular complexity index is 687. The van der Waals surface area contributed by atoms with E-state index < -0.39 is 0 Å². The van der Waals surface area contributed by atoms with Crippen molar-refractivity contribution >= 4 is 11.7 Å². The zero-order valence-corrected chi connectivity index (χ0v) is 14.4. The van der Waals surface area contributed by atoms with Gasteiger partial charge in [0.15, 0.2) is 0 Å². The molecule has 6 heteroatoms. The van der Waals surface area contributed by atoms with Gasteiger partial charge in [-0.2, -0.15) is 0 Å². The monoisotopic (exact) mass is 340 g/mol. The van der Waals surface area contributed by atoms with Crippen LogP contribution < -0.4 is 15.4 Å². The van der Waals surface area contributed by atoms with Crippen LogP contribution in [0.2, 0.25) is 0 Å². The number of benzene rings is 1. The Kier molecular flexibility index (Phi) is 5.85. The number of carbonyl (C=O) groups is 1. The number of hydrogen-bond donors (Lipinski definition) is 2. The van der Waals surface area contributed by atoms with E-state index in [4.69, 9.17) is 4.74 Å². The van der Waals surface area contributed by atoms with Crippen LogP contribution in [0.3, 0.4) is 0 Å². The van der Waals surface area contributed by atoms with Crippen molar-refractivity contribution < 1.29 is 9.53 Å². The lowest BCUT2D eigenvalue weighted by Crippen LogP contribution is -2.38. The first-order chi connectivity index (χ1) is 12.3. The van der Waals surface area contributed by atoms with E-state index in [9.17, 15) is 4.79 Å². The SMILES string of the molecule is COc1ccccc1[C@H](CNC(=O)Nc1cccnc1)N1CCCC1. The number of nitrogens with one attached hydrogen (secondary N) is 2. The lowest BCUT2D eigenvalue weighted by Gasteiger charge is -2.29. The zero-order valence-electron chi connectivity index (χ0n) is 14.4. The molecule has 0 unspecified atom stereocenters. The van der Waals surface area contributed by atoms with Crippen LogP contribution in [-0.2, 0) is 0 Å². The summed E-state index contributed by atoms with van der Waals surface area (Å²) in [5.74, 6) is 0.855. The molecule has 1 aromatic heterocycles. The van der Waals surface area contributed by atoms with Crippen LogP contribution in [0.25, 0.3) is 0 Å². The third-order valence-electron chi connectivity index (χ3n) is 4.45. The predicted octanol–water partition coefficient (Wildman–Crippen LogP) is 3.05. The molecule has 3 rings (SSSR count). The molecular formula is C19H24N4O2. The molecule has 0 saturated carbocycles. The Morgan fingerprint density at radius 3 is 2.76 bits per heavy atom. The fourth-order valence-corrected chi connectivity index (χ4v) is 3.23. The number of ether oxygens (including phenoxy) is 1. The largest absolute Gasteiger partial charge is 0.496 e. The summed E-state index contributed by atoms with van der Waals surface area (Å²) in [5, 5.41) is 5.79. The first-order valence-electron chi connectivity index (χ1n) is 8.60. The van der Waals surface area contributed by atoms with E-state index in [-0.39, 0.29) is 12.1 Å². The highest BCUT2D eigenvalue weighted by Gasteiger charge is 2.26. The van der Waals surface area contributed by atoms with Crippen molar-refractivity contribution in [3.05, 3.63) is 54.4 Å². The molecule has 132 valence electrons. The molecule has 0 spiro atoms. The Hall–Kier alpha value is -2.60. The first kappa shape index (κ1) is 17.2. The minimum absolute atomic E-state index is 0.0956. The topological polar surface area (TPSA) is 66.5 Å². The van der Waals surface area contributed by atoms with Crippen molar-refractivity contribution in [2.75, 3.05) is 32.1 Å². The second-order valence-corrected chi connectivity index (χ2v) is 6.08. The van der Waals surface area contributed by atoms with Gasteiger partial charge in [0.1, 0.15) is 5.75 Å². The number of pyridine rings is 1. The van der Waals surface area contributed by atoms with Gasteiger partial charge in [-0.1, -0.05) is 18.2 Å². The van der Waals surface area contributed by atoms with Crippen molar-refractivity contribution in [1.82, 2.24) is 15.2 Å². The summed E-state index contributed by atoms with van der Waals surface area (Å²) in [5.41, 5.74) is 1.78. The predicted molar refractivity (Wildman–Crippen MR) is 97.8 cm³/mol. The third kappa shape index (κ3) is 4.48. The maximum Gasteiger partial charge on any atom is 0.319 e. The lowest BCUT2D eigenvalue weighted by molar-refractivity contribution is 0.224. The molecule has 2 amide bonds. The first-order valence-corrected chi connectivity index (χ1v) is 8.60. The second-order valence-electron chi connectivity index (χ2n) is 6.08. The number of rotatable bonds is 6. The molecule has 0 radical (unpaired) electrons. The van der Waals surface area contributed by atoms with Crippen LogP contribution in [0.15, 0.2) is 48.8 Å². The Morgan fingerprint density at radius 2 is 2.04 bits per heavy atom. The molecule has 2 N–H and O–H groups in total. The van der Waals surface area contributed by atoms with Gasteiger partial charge in [0, 0.05) is 18.3 Å². The number of urea groups is 1. The van der Waals surface area contributed by atoms with Gasteiger partial charge < -0.3 is 15.4 Å². The maximum absolute atomic E-state index is 12.2. The number of amides is 2. The maximum atomic E-state index is 12.2. The molecule has 2 aromatic rings. The van der Waals surface area contributed by atoms with Crippen LogP contribution in [0, 0.1) is 0 Å². The van der Waals surface area contributed by atoms with Crippen LogP contribution >= 0.6 is 0 Å². The van der Waals surface area contributed by atoms with Gasteiger partial charge >= 0.3 is 6.03 Å². The second kappa shape index (κ2) is 8.48. The van der Waals surface area contributed by atoms with Gasteiger partial charge in [-0.15, -0.1) is 0 Å². The fourth-order valence-electron chi connectivity index (χ4n) is 3.23. The molecule has 1 aliphatic rings. The summed E-state index contributed by atoms with van der Waals surface area (Å²) in [6.07, 6.45) is 5.67. The summed E-state index contributed by atoms with van der Waals surface area (Å²) >= 11 is 0. The molecule has 0 bridgehead atoms. The molecule has 6 nitrogen and oxygen atoms in total. The van der Waals surface area contributed by atoms with E-state index in [1.807, 2.05) is 24.3 Å². The van der Waals surface area contributed by atoms with E-state index >= 15 is 0 Å². The fraction of sp³-hybridized carbons (Fsp3) is 0.368. The minimum atomic E-state index is -0.230. The number of para-hydroxylation sites is 1. The van der Waals surface area contributed by atoms with Gasteiger partial charge in [0.05, 0.1) is 25.0 Å². The van der Waals surface area contributed by atoms with E-state index in [2.05, 4.69) is 26.6 Å². The summed E-state index contributed by atoms with van der Waals surface area (Å²) in [6.45, 7) is 2.59. The number of hydrogen-bond acceptors (Lipinski definition) is 4. The van der Waals surface area contributed by atoms with Gasteiger partial charge in [0.2, 0.25) is 0 Å². The van der Waals surface area contributed by atoms with Crippen molar-refractivity contribution in [3.63, 3.8) is 0 Å². The number of anilines is 1. The lowest BCUT2D eigenvalue weighted by atomic mass is 10.0. The highest BCUT2D eigenvalue weighted by Crippen LogP contribution is 2.31. The van der Waals surface area contributed by atoms with E-state index in [1.165, 1.54) is 12.8 Å². The highest BCUT2D eigenvalue weighted by molar-refractivity contribution is 5.88. The molecule has 1 aromatic carbocycles. The minimum Gasteiger partial charge on any atom is -0.496 e. The van der Waals surface area contributed by atoms with Gasteiger partial charge in [0.25, 0.3) is 0 Å². The number of likely N-dealkylation sites (tertiary alicyclic amines) is 1. The molecule has 1 atom stereocenters. The van der Waals surface area contributed by atoms with Crippen LogP contribution in [0.5, 0.6) is 5.75 Å². The van der Waals surface area contributed by atoms with Crippen molar-refractivity contribution in [1.29, 1.82) is 0 Å². The summed E-state index contributed by atoms with van der Waals surface area (Å²) in [6, 6.07) is 11.5. The summed E-state index contributed by atoms with van der Waals surface area (Å²) < 4.78 is 5.53. The molecule has 2 heterocycles. The number of aromatic nitrogens is 1. The summed E-state index contributed by atoms with van der Waals surface area (Å²) in [4.78, 5) is 18.6. The van der Waals surface area contributed by atoms with Gasteiger partial charge in [-0.3, -0.25) is 9.88 Å². The third-order valence-corrected chi connectivity index (χ3v) is 4.45. The normalized spacial score (nSPS) is 15.6. The van der Waals surface area contributed by atoms with E-state index in [0.717, 1.165) is 24.4 Å². The highest BCUT2D eigenvalue weighted by atomic mass is 16.5.